The first kappa shape index (κ1) is 18.1. The molecule has 0 aromatic carbocycles. The molecule has 146 valence electrons. The van der Waals surface area contributed by atoms with Crippen molar-refractivity contribution in [1.29, 1.82) is 0 Å². The van der Waals surface area contributed by atoms with E-state index in [4.69, 9.17) is 9.97 Å². The summed E-state index contributed by atoms with van der Waals surface area (Å²) < 4.78 is 0. The largest absolute Gasteiger partial charge is 0.297 e. The highest BCUT2D eigenvalue weighted by molar-refractivity contribution is 7.18. The van der Waals surface area contributed by atoms with E-state index < -0.39 is 0 Å². The lowest BCUT2D eigenvalue weighted by Gasteiger charge is -2.33. The maximum atomic E-state index is 4.88. The highest BCUT2D eigenvalue weighted by Crippen LogP contribution is 2.53. The number of aromatic nitrogens is 2. The van der Waals surface area contributed by atoms with Gasteiger partial charge >= 0.3 is 0 Å². The molecule has 3 aliphatic rings. The first-order valence-electron chi connectivity index (χ1n) is 10.9. The van der Waals surface area contributed by atoms with Gasteiger partial charge in [-0.1, -0.05) is 13.8 Å². The number of thiophene rings is 1. The van der Waals surface area contributed by atoms with Crippen LogP contribution in [0.25, 0.3) is 10.2 Å². The van der Waals surface area contributed by atoms with Crippen molar-refractivity contribution in [3.05, 3.63) is 22.5 Å². The molecule has 0 radical (unpaired) electrons. The van der Waals surface area contributed by atoms with Crippen LogP contribution in [0.2, 0.25) is 0 Å². The molecule has 0 N–H and O–H groups in total. The van der Waals surface area contributed by atoms with Crippen LogP contribution in [-0.4, -0.2) is 28.0 Å². The molecule has 0 amide bonds. The average molecular weight is 384 g/mol. The summed E-state index contributed by atoms with van der Waals surface area (Å²) in [5.41, 5.74) is 2.54. The van der Waals surface area contributed by atoms with Crippen LogP contribution in [0.4, 0.5) is 0 Å². The van der Waals surface area contributed by atoms with E-state index in [0.29, 0.717) is 5.41 Å². The minimum Gasteiger partial charge on any atom is -0.297 e. The summed E-state index contributed by atoms with van der Waals surface area (Å²) in [5.74, 6) is 1.67. The van der Waals surface area contributed by atoms with Gasteiger partial charge in [-0.2, -0.15) is 0 Å². The van der Waals surface area contributed by atoms with Gasteiger partial charge < -0.3 is 0 Å². The van der Waals surface area contributed by atoms with Gasteiger partial charge in [0.2, 0.25) is 0 Å². The van der Waals surface area contributed by atoms with E-state index in [1.54, 1.807) is 4.88 Å². The smallest absolute Gasteiger partial charge is 0.127 e. The summed E-state index contributed by atoms with van der Waals surface area (Å²) in [4.78, 5) is 15.1. The molecule has 5 rings (SSSR count). The third kappa shape index (κ3) is 3.67. The second-order valence-corrected chi connectivity index (χ2v) is 11.4. The van der Waals surface area contributed by atoms with Gasteiger partial charge in [-0.3, -0.25) is 4.90 Å². The highest BCUT2D eigenvalue weighted by atomic mass is 32.1. The van der Waals surface area contributed by atoms with E-state index in [9.17, 15) is 0 Å². The zero-order valence-corrected chi connectivity index (χ0v) is 18.0. The van der Waals surface area contributed by atoms with Crippen molar-refractivity contribution in [2.24, 2.45) is 10.8 Å². The normalized spacial score (nSPS) is 25.3. The van der Waals surface area contributed by atoms with E-state index >= 15 is 0 Å². The second kappa shape index (κ2) is 6.52. The average Bonchev–Trinajstić information content (AvgIpc) is 3.24. The number of piperidine rings is 1. The maximum Gasteiger partial charge on any atom is 0.127 e. The van der Waals surface area contributed by atoms with Gasteiger partial charge in [-0.05, 0) is 94.2 Å². The van der Waals surface area contributed by atoms with Crippen molar-refractivity contribution in [2.45, 2.75) is 84.6 Å². The van der Waals surface area contributed by atoms with Crippen molar-refractivity contribution in [3.63, 3.8) is 0 Å². The van der Waals surface area contributed by atoms with Crippen LogP contribution in [-0.2, 0) is 6.54 Å². The number of hydrogen-bond acceptors (Lipinski definition) is 4. The third-order valence-corrected chi connectivity index (χ3v) is 8.78. The quantitative estimate of drug-likeness (QED) is 0.645. The molecule has 2 aromatic heterocycles. The molecular formula is C23H33N3S. The van der Waals surface area contributed by atoms with Gasteiger partial charge in [0, 0.05) is 16.8 Å². The third-order valence-electron chi connectivity index (χ3n) is 7.59. The molecule has 3 heterocycles. The molecule has 2 aromatic rings. The lowest BCUT2D eigenvalue weighted by atomic mass is 9.73. The predicted octanol–water partition coefficient (Wildman–Crippen LogP) is 6.06. The van der Waals surface area contributed by atoms with Crippen LogP contribution < -0.4 is 0 Å². The van der Waals surface area contributed by atoms with Crippen LogP contribution in [0.3, 0.4) is 0 Å². The Morgan fingerprint density at radius 1 is 1.04 bits per heavy atom. The van der Waals surface area contributed by atoms with Crippen LogP contribution in [0, 0.1) is 17.8 Å². The van der Waals surface area contributed by atoms with Gasteiger partial charge in [-0.25, -0.2) is 9.97 Å². The first-order chi connectivity index (χ1) is 12.9. The van der Waals surface area contributed by atoms with Crippen molar-refractivity contribution in [3.8, 4) is 0 Å². The van der Waals surface area contributed by atoms with Crippen LogP contribution in [0.15, 0.2) is 6.07 Å². The molecule has 1 saturated heterocycles. The van der Waals surface area contributed by atoms with Gasteiger partial charge in [-0.15, -0.1) is 11.3 Å². The molecule has 0 unspecified atom stereocenters. The highest BCUT2D eigenvalue weighted by Gasteiger charge is 2.44. The van der Waals surface area contributed by atoms with Crippen LogP contribution in [0.5, 0.6) is 0 Å². The van der Waals surface area contributed by atoms with E-state index in [2.05, 4.69) is 31.7 Å². The molecule has 2 saturated carbocycles. The standard InChI is InChI=1S/C23H33N3S/c1-16-24-19(15-26-12-10-23(8-9-23)11-13-26)18-14-20(27-21(18)25-16)17-4-6-22(2,3)7-5-17/h14,17H,4-13,15H2,1-3H3. The lowest BCUT2D eigenvalue weighted by molar-refractivity contribution is 0.165. The Bertz CT molecular complexity index is 829. The number of fused-ring (bicyclic) bond motifs is 1. The fourth-order valence-corrected chi connectivity index (χ4v) is 6.46. The molecule has 27 heavy (non-hydrogen) atoms. The minimum atomic E-state index is 0.530. The minimum absolute atomic E-state index is 0.530. The summed E-state index contributed by atoms with van der Waals surface area (Å²) in [5, 5.41) is 1.33. The number of likely N-dealkylation sites (tertiary alicyclic amines) is 1. The topological polar surface area (TPSA) is 29.0 Å². The SMILES string of the molecule is Cc1nc(CN2CCC3(CC2)CC3)c2cc(C3CCC(C)(C)CC3)sc2n1. The lowest BCUT2D eigenvalue weighted by Crippen LogP contribution is -2.34. The molecule has 2 aliphatic carbocycles. The van der Waals surface area contributed by atoms with E-state index in [1.807, 2.05) is 11.3 Å². The molecule has 3 nitrogen and oxygen atoms in total. The van der Waals surface area contributed by atoms with Gasteiger partial charge in [0.1, 0.15) is 10.7 Å². The zero-order valence-electron chi connectivity index (χ0n) is 17.2. The summed E-state index contributed by atoms with van der Waals surface area (Å²) in [6, 6.07) is 2.45. The molecule has 0 atom stereocenters. The molecular weight excluding hydrogens is 350 g/mol. The summed E-state index contributed by atoms with van der Waals surface area (Å²) >= 11 is 1.93. The summed E-state index contributed by atoms with van der Waals surface area (Å²) in [6.07, 6.45) is 11.1. The summed E-state index contributed by atoms with van der Waals surface area (Å²) in [6.45, 7) is 10.4. The second-order valence-electron chi connectivity index (χ2n) is 10.3. The molecule has 4 heteroatoms. The van der Waals surface area contributed by atoms with Crippen molar-refractivity contribution < 1.29 is 0 Å². The van der Waals surface area contributed by atoms with Crippen molar-refractivity contribution >= 4 is 21.6 Å². The molecule has 3 fully saturated rings. The fourth-order valence-electron chi connectivity index (χ4n) is 5.20. The maximum absolute atomic E-state index is 4.88. The van der Waals surface area contributed by atoms with Gasteiger partial charge in [0.25, 0.3) is 0 Å². The van der Waals surface area contributed by atoms with Gasteiger partial charge in [0.15, 0.2) is 0 Å². The Morgan fingerprint density at radius 2 is 1.74 bits per heavy atom. The van der Waals surface area contributed by atoms with E-state index in [1.165, 1.54) is 80.4 Å². The van der Waals surface area contributed by atoms with Gasteiger partial charge in [0.05, 0.1) is 5.69 Å². The van der Waals surface area contributed by atoms with Crippen LogP contribution >= 0.6 is 11.3 Å². The van der Waals surface area contributed by atoms with E-state index in [0.717, 1.165) is 23.7 Å². The fraction of sp³-hybridized carbons (Fsp3) is 0.739. The number of rotatable bonds is 3. The zero-order chi connectivity index (χ0) is 18.6. The molecule has 0 bridgehead atoms. The van der Waals surface area contributed by atoms with Crippen molar-refractivity contribution in [1.82, 2.24) is 14.9 Å². The Balaban J connectivity index is 1.37. The number of nitrogens with zero attached hydrogens (tertiary/aromatic N) is 3. The Morgan fingerprint density at radius 3 is 2.41 bits per heavy atom. The van der Waals surface area contributed by atoms with Crippen LogP contribution in [0.1, 0.15) is 87.5 Å². The number of aryl methyl sites for hydroxylation is 1. The number of hydrogen-bond donors (Lipinski definition) is 0. The Hall–Kier alpha value is -1.00. The predicted molar refractivity (Wildman–Crippen MR) is 113 cm³/mol. The molecule has 1 spiro atoms. The Labute approximate surface area is 167 Å². The monoisotopic (exact) mass is 383 g/mol. The summed E-state index contributed by atoms with van der Waals surface area (Å²) in [7, 11) is 0. The Kier molecular flexibility index (Phi) is 4.36. The first-order valence-corrected chi connectivity index (χ1v) is 11.7. The van der Waals surface area contributed by atoms with Crippen molar-refractivity contribution in [2.75, 3.05) is 13.1 Å². The molecule has 1 aliphatic heterocycles. The van der Waals surface area contributed by atoms with E-state index in [-0.39, 0.29) is 0 Å².